The maximum absolute atomic E-state index is 5.73. The maximum Gasteiger partial charge on any atom is 0.130 e. The van der Waals surface area contributed by atoms with Crippen molar-refractivity contribution in [2.75, 3.05) is 0 Å². The summed E-state index contributed by atoms with van der Waals surface area (Å²) in [5.74, 6) is 0. The fourth-order valence-electron chi connectivity index (χ4n) is 0.0945. The molecule has 7 heavy (non-hydrogen) atoms. The molecule has 0 aliphatic carbocycles. The Labute approximate surface area is 52.8 Å². The largest absolute Gasteiger partial charge is 0.176 e. The van der Waals surface area contributed by atoms with E-state index in [1.165, 1.54) is 6.42 Å². The highest BCUT2D eigenvalue weighted by molar-refractivity contribution is 6.95. The van der Waals surface area contributed by atoms with E-state index >= 15 is 0 Å². The van der Waals surface area contributed by atoms with Crippen LogP contribution < -0.4 is 0 Å². The highest BCUT2D eigenvalue weighted by Crippen LogP contribution is 2.27. The van der Waals surface area contributed by atoms with E-state index in [0.717, 1.165) is 0 Å². The van der Waals surface area contributed by atoms with Crippen LogP contribution in [0.1, 0.15) is 27.2 Å². The third-order valence-electron chi connectivity index (χ3n) is 1.32. The van der Waals surface area contributed by atoms with E-state index in [1.807, 2.05) is 0 Å². The van der Waals surface area contributed by atoms with Gasteiger partial charge in [-0.05, 0) is 5.04 Å². The molecule has 0 saturated carbocycles. The Kier molecular flexibility index (Phi) is 2.92. The minimum Gasteiger partial charge on any atom is -0.176 e. The Bertz CT molecular complexity index is 46.0. The molecule has 0 radical (unpaired) electrons. The van der Waals surface area contributed by atoms with Gasteiger partial charge in [-0.1, -0.05) is 27.2 Å². The summed E-state index contributed by atoms with van der Waals surface area (Å²) in [6.07, 6.45) is 1.22. The van der Waals surface area contributed by atoms with Crippen LogP contribution in [0.25, 0.3) is 0 Å². The fraction of sp³-hybridized carbons (Fsp3) is 1.00. The predicted octanol–water partition coefficient (Wildman–Crippen LogP) is 1.92. The molecule has 0 aliphatic heterocycles. The predicted molar refractivity (Wildman–Crippen MR) is 38.7 cm³/mol. The lowest BCUT2D eigenvalue weighted by atomic mass is 10.1. The molecule has 0 bridgehead atoms. The Morgan fingerprint density at radius 1 is 1.57 bits per heavy atom. The van der Waals surface area contributed by atoms with Crippen LogP contribution in [0.15, 0.2) is 0 Å². The summed E-state index contributed by atoms with van der Waals surface area (Å²) < 4.78 is 0. The van der Waals surface area contributed by atoms with E-state index in [0.29, 0.717) is 5.04 Å². The van der Waals surface area contributed by atoms with Gasteiger partial charge in [0.25, 0.3) is 0 Å². The second-order valence-electron chi connectivity index (χ2n) is 2.65. The normalized spacial score (nSPS) is 13.7. The van der Waals surface area contributed by atoms with Crippen molar-refractivity contribution in [3.63, 3.8) is 0 Å². The van der Waals surface area contributed by atoms with Crippen LogP contribution in [0, 0.1) is 0 Å². The summed E-state index contributed by atoms with van der Waals surface area (Å²) in [7, 11) is -0.286. The average Bonchev–Trinajstić information content (AvgIpc) is 1.68. The highest BCUT2D eigenvalue weighted by Gasteiger charge is 2.12. The fourth-order valence-corrected chi connectivity index (χ4v) is 0.850. The zero-order valence-electron chi connectivity index (χ0n) is 5.29. The van der Waals surface area contributed by atoms with Crippen molar-refractivity contribution in [3.05, 3.63) is 0 Å². The average molecular weight is 137 g/mol. The molecule has 2 heteroatoms. The Morgan fingerprint density at radius 3 is 2.00 bits per heavy atom. The van der Waals surface area contributed by atoms with Crippen molar-refractivity contribution in [1.29, 1.82) is 0 Å². The van der Waals surface area contributed by atoms with Crippen molar-refractivity contribution in [2.45, 2.75) is 32.2 Å². The lowest BCUT2D eigenvalue weighted by Gasteiger charge is -2.16. The van der Waals surface area contributed by atoms with Gasteiger partial charge in [-0.15, -0.1) is 0 Å². The van der Waals surface area contributed by atoms with Crippen LogP contribution in [-0.2, 0) is 0 Å². The van der Waals surface area contributed by atoms with E-state index in [9.17, 15) is 0 Å². The second-order valence-corrected chi connectivity index (χ2v) is 5.63. The molecule has 0 aromatic heterocycles. The number of rotatable bonds is 2. The van der Waals surface area contributed by atoms with Crippen LogP contribution in [0.4, 0.5) is 0 Å². The molecule has 0 saturated heterocycles. The summed E-state index contributed by atoms with van der Waals surface area (Å²) in [5, 5.41) is 0.488. The van der Waals surface area contributed by atoms with E-state index in [-0.39, 0.29) is 8.83 Å². The summed E-state index contributed by atoms with van der Waals surface area (Å²) in [4.78, 5) is 0. The first-order valence-corrected chi connectivity index (χ1v) is 5.53. The van der Waals surface area contributed by atoms with Crippen molar-refractivity contribution in [2.24, 2.45) is 0 Å². The van der Waals surface area contributed by atoms with Crippen LogP contribution in [-0.4, -0.2) is 8.83 Å². The number of hydrogen-bond donors (Lipinski definition) is 0. The topological polar surface area (TPSA) is 0 Å². The van der Waals surface area contributed by atoms with Gasteiger partial charge in [-0.3, -0.25) is 0 Å². The molecule has 0 amide bonds. The van der Waals surface area contributed by atoms with Gasteiger partial charge in [0.05, 0.1) is 0 Å². The number of hydrogen-bond acceptors (Lipinski definition) is 0. The second kappa shape index (κ2) is 2.73. The molecule has 0 aromatic carbocycles. The number of halogens is 1. The standard InChI is InChI=1S/C5H13ClSi/c1-4-5(2,3)7-6/h4,7H2,1-3H3. The van der Waals surface area contributed by atoms with E-state index < -0.39 is 0 Å². The van der Waals surface area contributed by atoms with Gasteiger partial charge in [0, 0.05) is 0 Å². The highest BCUT2D eigenvalue weighted by atomic mass is 35.6. The third kappa shape index (κ3) is 3.12. The molecule has 0 N–H and O–H groups in total. The molecule has 0 atom stereocenters. The van der Waals surface area contributed by atoms with Crippen LogP contribution >= 0.6 is 11.1 Å². The Hall–Kier alpha value is 0.507. The molecular weight excluding hydrogens is 124 g/mol. The summed E-state index contributed by atoms with van der Waals surface area (Å²) in [6.45, 7) is 6.65. The van der Waals surface area contributed by atoms with Crippen molar-refractivity contribution in [1.82, 2.24) is 0 Å². The first kappa shape index (κ1) is 7.51. The monoisotopic (exact) mass is 136 g/mol. The van der Waals surface area contributed by atoms with Crippen molar-refractivity contribution in [3.8, 4) is 0 Å². The van der Waals surface area contributed by atoms with Gasteiger partial charge in [0.1, 0.15) is 8.83 Å². The van der Waals surface area contributed by atoms with E-state index in [1.54, 1.807) is 0 Å². The van der Waals surface area contributed by atoms with Gasteiger partial charge in [-0.2, -0.15) is 11.1 Å². The molecule has 0 aromatic rings. The maximum atomic E-state index is 5.73. The first-order valence-electron chi connectivity index (χ1n) is 2.68. The molecule has 0 nitrogen and oxygen atoms in total. The SMILES string of the molecule is CCC(C)(C)[SiH2]Cl. The van der Waals surface area contributed by atoms with Crippen molar-refractivity contribution < 1.29 is 0 Å². The van der Waals surface area contributed by atoms with E-state index in [4.69, 9.17) is 11.1 Å². The molecule has 0 aliphatic rings. The lowest BCUT2D eigenvalue weighted by molar-refractivity contribution is 0.651. The molecule has 0 fully saturated rings. The Morgan fingerprint density at radius 2 is 2.00 bits per heavy atom. The van der Waals surface area contributed by atoms with Gasteiger partial charge in [0.2, 0.25) is 0 Å². The first-order chi connectivity index (χ1) is 3.12. The smallest absolute Gasteiger partial charge is 0.130 e. The minimum atomic E-state index is -0.286. The van der Waals surface area contributed by atoms with Gasteiger partial charge >= 0.3 is 0 Å². The summed E-state index contributed by atoms with van der Waals surface area (Å²) >= 11 is 5.73. The molecular formula is C5H13ClSi. The quantitative estimate of drug-likeness (QED) is 0.402. The molecule has 0 spiro atoms. The van der Waals surface area contributed by atoms with Gasteiger partial charge < -0.3 is 0 Å². The summed E-state index contributed by atoms with van der Waals surface area (Å²) in [6, 6.07) is 0. The molecule has 44 valence electrons. The van der Waals surface area contributed by atoms with Gasteiger partial charge in [0.15, 0.2) is 0 Å². The lowest BCUT2D eigenvalue weighted by Crippen LogP contribution is -2.04. The molecule has 0 rings (SSSR count). The summed E-state index contributed by atoms with van der Waals surface area (Å²) in [5.41, 5.74) is 0. The van der Waals surface area contributed by atoms with Crippen molar-refractivity contribution >= 4 is 19.9 Å². The van der Waals surface area contributed by atoms with Crippen LogP contribution in [0.3, 0.4) is 0 Å². The third-order valence-corrected chi connectivity index (χ3v) is 4.71. The molecule has 0 heterocycles. The zero-order valence-corrected chi connectivity index (χ0v) is 7.46. The van der Waals surface area contributed by atoms with Crippen LogP contribution in [0.2, 0.25) is 5.04 Å². The van der Waals surface area contributed by atoms with Crippen LogP contribution in [0.5, 0.6) is 0 Å². The van der Waals surface area contributed by atoms with Gasteiger partial charge in [-0.25, -0.2) is 0 Å². The zero-order chi connectivity index (χ0) is 5.91. The molecule has 0 unspecified atom stereocenters. The Balaban J connectivity index is 3.36. The van der Waals surface area contributed by atoms with E-state index in [2.05, 4.69) is 20.8 Å². The minimum absolute atomic E-state index is 0.286.